The highest BCUT2D eigenvalue weighted by molar-refractivity contribution is 9.10. The third kappa shape index (κ3) is 3.48. The predicted octanol–water partition coefficient (Wildman–Crippen LogP) is 4.48. The third-order valence-corrected chi connectivity index (χ3v) is 4.88. The molecule has 1 aliphatic heterocycles. The molecule has 0 bridgehead atoms. The van der Waals surface area contributed by atoms with Gasteiger partial charge in [0.2, 0.25) is 0 Å². The molecule has 3 aromatic rings. The molecule has 1 fully saturated rings. The Labute approximate surface area is 160 Å². The number of ether oxygens (including phenoxy) is 3. The maximum absolute atomic E-state index is 6.11. The maximum atomic E-state index is 6.11. The van der Waals surface area contributed by atoms with Gasteiger partial charge in [-0.25, -0.2) is 4.68 Å². The molecule has 2 aromatic carbocycles. The summed E-state index contributed by atoms with van der Waals surface area (Å²) in [5, 5.41) is 4.48. The number of nitrogens with zero attached hydrogens (tertiary/aromatic N) is 2. The smallest absolute Gasteiger partial charge is 0.162 e. The summed E-state index contributed by atoms with van der Waals surface area (Å²) >= 11 is 3.47. The molecule has 1 saturated heterocycles. The van der Waals surface area contributed by atoms with E-state index in [1.807, 2.05) is 53.2 Å². The summed E-state index contributed by atoms with van der Waals surface area (Å²) in [5.41, 5.74) is 3.00. The molecule has 1 aromatic heterocycles. The fraction of sp³-hybridized carbons (Fsp3) is 0.250. The van der Waals surface area contributed by atoms with E-state index in [1.54, 1.807) is 13.3 Å². The third-order valence-electron chi connectivity index (χ3n) is 4.35. The molecule has 134 valence electrons. The first-order valence-corrected chi connectivity index (χ1v) is 9.26. The van der Waals surface area contributed by atoms with Crippen molar-refractivity contribution in [3.8, 4) is 28.4 Å². The molecule has 1 atom stereocenters. The molecule has 0 unspecified atom stereocenters. The Balaban J connectivity index is 1.70. The van der Waals surface area contributed by atoms with Crippen molar-refractivity contribution < 1.29 is 14.2 Å². The Kier molecular flexibility index (Phi) is 4.95. The highest BCUT2D eigenvalue weighted by atomic mass is 79.9. The SMILES string of the molecule is COc1ccc(-c2ccnn2-c2ccc(Br)cc2)cc1O[C@@H]1CCOC1. The molecular weight excluding hydrogens is 396 g/mol. The Morgan fingerprint density at radius 2 is 1.96 bits per heavy atom. The van der Waals surface area contributed by atoms with E-state index < -0.39 is 0 Å². The lowest BCUT2D eigenvalue weighted by Gasteiger charge is -2.16. The van der Waals surface area contributed by atoms with Gasteiger partial charge in [-0.05, 0) is 48.5 Å². The fourth-order valence-corrected chi connectivity index (χ4v) is 3.29. The number of benzene rings is 2. The monoisotopic (exact) mass is 414 g/mol. The van der Waals surface area contributed by atoms with Crippen LogP contribution in [0.25, 0.3) is 16.9 Å². The largest absolute Gasteiger partial charge is 0.493 e. The summed E-state index contributed by atoms with van der Waals surface area (Å²) in [6.07, 6.45) is 2.76. The van der Waals surface area contributed by atoms with Gasteiger partial charge in [0, 0.05) is 16.5 Å². The number of methoxy groups -OCH3 is 1. The predicted molar refractivity (Wildman–Crippen MR) is 103 cm³/mol. The van der Waals surface area contributed by atoms with Crippen LogP contribution in [0.2, 0.25) is 0 Å². The van der Waals surface area contributed by atoms with Crippen LogP contribution in [0.5, 0.6) is 11.5 Å². The Hall–Kier alpha value is -2.31. The average molecular weight is 415 g/mol. The van der Waals surface area contributed by atoms with Crippen LogP contribution in [0, 0.1) is 0 Å². The second-order valence-electron chi connectivity index (χ2n) is 6.07. The van der Waals surface area contributed by atoms with Gasteiger partial charge >= 0.3 is 0 Å². The molecule has 1 aliphatic rings. The minimum Gasteiger partial charge on any atom is -0.493 e. The first-order valence-electron chi connectivity index (χ1n) is 8.47. The van der Waals surface area contributed by atoms with E-state index in [-0.39, 0.29) is 6.10 Å². The van der Waals surface area contributed by atoms with Gasteiger partial charge in [-0.2, -0.15) is 5.10 Å². The van der Waals surface area contributed by atoms with Crippen molar-refractivity contribution >= 4 is 15.9 Å². The number of halogens is 1. The zero-order valence-electron chi connectivity index (χ0n) is 14.4. The summed E-state index contributed by atoms with van der Waals surface area (Å²) in [5.74, 6) is 1.44. The molecule has 0 radical (unpaired) electrons. The zero-order valence-corrected chi connectivity index (χ0v) is 16.0. The summed E-state index contributed by atoms with van der Waals surface area (Å²) in [6, 6.07) is 16.0. The van der Waals surface area contributed by atoms with E-state index in [9.17, 15) is 0 Å². The lowest BCUT2D eigenvalue weighted by Crippen LogP contribution is -2.16. The summed E-state index contributed by atoms with van der Waals surface area (Å²) in [4.78, 5) is 0. The van der Waals surface area contributed by atoms with Gasteiger partial charge in [0.1, 0.15) is 6.10 Å². The van der Waals surface area contributed by atoms with Crippen molar-refractivity contribution in [3.63, 3.8) is 0 Å². The van der Waals surface area contributed by atoms with E-state index >= 15 is 0 Å². The van der Waals surface area contributed by atoms with Crippen molar-refractivity contribution in [2.75, 3.05) is 20.3 Å². The van der Waals surface area contributed by atoms with Crippen LogP contribution in [0.1, 0.15) is 6.42 Å². The lowest BCUT2D eigenvalue weighted by atomic mass is 10.1. The summed E-state index contributed by atoms with van der Waals surface area (Å²) in [6.45, 7) is 1.35. The maximum Gasteiger partial charge on any atom is 0.162 e. The van der Waals surface area contributed by atoms with Crippen molar-refractivity contribution in [3.05, 3.63) is 59.2 Å². The van der Waals surface area contributed by atoms with Gasteiger partial charge in [0.25, 0.3) is 0 Å². The van der Waals surface area contributed by atoms with Crippen molar-refractivity contribution in [2.45, 2.75) is 12.5 Å². The molecule has 0 aliphatic carbocycles. The Bertz CT molecular complexity index is 886. The van der Waals surface area contributed by atoms with E-state index in [4.69, 9.17) is 14.2 Å². The van der Waals surface area contributed by atoms with Gasteiger partial charge in [-0.15, -0.1) is 0 Å². The number of hydrogen-bond acceptors (Lipinski definition) is 4. The highest BCUT2D eigenvalue weighted by Crippen LogP contribution is 2.34. The summed E-state index contributed by atoms with van der Waals surface area (Å²) in [7, 11) is 1.65. The topological polar surface area (TPSA) is 45.5 Å². The van der Waals surface area contributed by atoms with Crippen LogP contribution in [-0.2, 0) is 4.74 Å². The van der Waals surface area contributed by atoms with Crippen LogP contribution < -0.4 is 9.47 Å². The molecule has 0 N–H and O–H groups in total. The highest BCUT2D eigenvalue weighted by Gasteiger charge is 2.20. The van der Waals surface area contributed by atoms with Gasteiger partial charge in [0.05, 0.1) is 37.9 Å². The normalized spacial score (nSPS) is 16.6. The molecule has 0 spiro atoms. The number of aromatic nitrogens is 2. The Morgan fingerprint density at radius 1 is 1.12 bits per heavy atom. The minimum atomic E-state index is 0.0653. The molecule has 26 heavy (non-hydrogen) atoms. The summed E-state index contributed by atoms with van der Waals surface area (Å²) < 4.78 is 19.9. The fourth-order valence-electron chi connectivity index (χ4n) is 3.02. The van der Waals surface area contributed by atoms with Gasteiger partial charge < -0.3 is 14.2 Å². The van der Waals surface area contributed by atoms with E-state index in [2.05, 4.69) is 21.0 Å². The molecule has 6 heteroatoms. The Morgan fingerprint density at radius 3 is 2.69 bits per heavy atom. The molecular formula is C20H19BrN2O3. The van der Waals surface area contributed by atoms with Crippen molar-refractivity contribution in [1.82, 2.24) is 9.78 Å². The van der Waals surface area contributed by atoms with Crippen molar-refractivity contribution in [2.24, 2.45) is 0 Å². The number of rotatable bonds is 5. The van der Waals surface area contributed by atoms with E-state index in [0.29, 0.717) is 6.61 Å². The van der Waals surface area contributed by atoms with E-state index in [0.717, 1.165) is 45.9 Å². The second kappa shape index (κ2) is 7.51. The van der Waals surface area contributed by atoms with E-state index in [1.165, 1.54) is 0 Å². The van der Waals surface area contributed by atoms with Crippen LogP contribution in [0.15, 0.2) is 59.2 Å². The first-order chi connectivity index (χ1) is 12.7. The van der Waals surface area contributed by atoms with Gasteiger partial charge in [-0.1, -0.05) is 15.9 Å². The number of hydrogen-bond donors (Lipinski definition) is 0. The molecule has 4 rings (SSSR count). The van der Waals surface area contributed by atoms with Crippen LogP contribution in [0.4, 0.5) is 0 Å². The second-order valence-corrected chi connectivity index (χ2v) is 6.99. The molecule has 0 saturated carbocycles. The standard InChI is InChI=1S/C20H19BrN2O3/c1-24-19-7-2-14(12-20(19)26-17-9-11-25-13-17)18-8-10-22-23(18)16-5-3-15(21)4-6-16/h2-8,10,12,17H,9,11,13H2,1H3/t17-/m1/s1. The molecule has 5 nitrogen and oxygen atoms in total. The van der Waals surface area contributed by atoms with Crippen LogP contribution in [0.3, 0.4) is 0 Å². The first kappa shape index (κ1) is 17.1. The zero-order chi connectivity index (χ0) is 17.9. The minimum absolute atomic E-state index is 0.0653. The quantitative estimate of drug-likeness (QED) is 0.617. The van der Waals surface area contributed by atoms with Crippen LogP contribution in [-0.4, -0.2) is 36.2 Å². The lowest BCUT2D eigenvalue weighted by molar-refractivity contribution is 0.138. The van der Waals surface area contributed by atoms with Gasteiger partial charge in [-0.3, -0.25) is 0 Å². The van der Waals surface area contributed by atoms with Crippen LogP contribution >= 0.6 is 15.9 Å². The average Bonchev–Trinajstić information content (AvgIpc) is 3.34. The van der Waals surface area contributed by atoms with Gasteiger partial charge in [0.15, 0.2) is 11.5 Å². The van der Waals surface area contributed by atoms with Crippen molar-refractivity contribution in [1.29, 1.82) is 0 Å². The molecule has 0 amide bonds. The molecule has 2 heterocycles.